The van der Waals surface area contributed by atoms with Crippen molar-refractivity contribution in [2.75, 3.05) is 26.2 Å². The van der Waals surface area contributed by atoms with Gasteiger partial charge in [0, 0.05) is 13.1 Å². The highest BCUT2D eigenvalue weighted by atomic mass is 16.5. The average molecular weight is 261 g/mol. The Labute approximate surface area is 115 Å². The van der Waals surface area contributed by atoms with Gasteiger partial charge in [-0.2, -0.15) is 0 Å². The molecule has 0 amide bonds. The van der Waals surface area contributed by atoms with Crippen LogP contribution in [0.5, 0.6) is 5.75 Å². The first kappa shape index (κ1) is 14.1. The lowest BCUT2D eigenvalue weighted by molar-refractivity contribution is 0.101. The van der Waals surface area contributed by atoms with E-state index < -0.39 is 0 Å². The Morgan fingerprint density at radius 3 is 2.74 bits per heavy atom. The Hall–Kier alpha value is -1.35. The van der Waals surface area contributed by atoms with Gasteiger partial charge in [0.2, 0.25) is 0 Å². The number of Topliss-reactive ketones (excluding diaryl/α,β-unsaturated/α-hetero) is 1. The van der Waals surface area contributed by atoms with E-state index in [1.54, 1.807) is 6.92 Å². The second kappa shape index (κ2) is 5.74. The SMILES string of the molecule is CC(=O)c1ccccc1OCCN1CCC(C)(C)C1. The minimum atomic E-state index is 0.0536. The number of rotatable bonds is 5. The summed E-state index contributed by atoms with van der Waals surface area (Å²) in [5.41, 5.74) is 1.10. The smallest absolute Gasteiger partial charge is 0.163 e. The summed E-state index contributed by atoms with van der Waals surface area (Å²) in [5, 5.41) is 0. The molecule has 0 radical (unpaired) electrons. The Bertz CT molecular complexity index is 454. The van der Waals surface area contributed by atoms with Gasteiger partial charge in [0.1, 0.15) is 12.4 Å². The third kappa shape index (κ3) is 3.80. The highest BCUT2D eigenvalue weighted by molar-refractivity contribution is 5.96. The summed E-state index contributed by atoms with van der Waals surface area (Å²) in [5.74, 6) is 0.756. The maximum atomic E-state index is 11.5. The van der Waals surface area contributed by atoms with Crippen molar-refractivity contribution >= 4 is 5.78 Å². The van der Waals surface area contributed by atoms with E-state index in [-0.39, 0.29) is 5.78 Å². The molecule has 0 aromatic heterocycles. The number of nitrogens with zero attached hydrogens (tertiary/aromatic N) is 1. The first-order chi connectivity index (χ1) is 8.98. The van der Waals surface area contributed by atoms with Gasteiger partial charge < -0.3 is 4.74 Å². The molecule has 1 aliphatic rings. The van der Waals surface area contributed by atoms with Crippen molar-refractivity contribution in [3.05, 3.63) is 29.8 Å². The fourth-order valence-corrected chi connectivity index (χ4v) is 2.58. The minimum Gasteiger partial charge on any atom is -0.491 e. The van der Waals surface area contributed by atoms with Crippen LogP contribution in [0.1, 0.15) is 37.6 Å². The average Bonchev–Trinajstić information content (AvgIpc) is 2.69. The van der Waals surface area contributed by atoms with E-state index >= 15 is 0 Å². The lowest BCUT2D eigenvalue weighted by Gasteiger charge is -2.20. The highest BCUT2D eigenvalue weighted by Gasteiger charge is 2.28. The molecule has 19 heavy (non-hydrogen) atoms. The number of carbonyl (C=O) groups is 1. The van der Waals surface area contributed by atoms with Crippen molar-refractivity contribution < 1.29 is 9.53 Å². The third-order valence-corrected chi connectivity index (χ3v) is 3.69. The number of para-hydroxylation sites is 1. The molecule has 0 atom stereocenters. The molecule has 1 aliphatic heterocycles. The predicted octanol–water partition coefficient (Wildman–Crippen LogP) is 3.00. The standard InChI is InChI=1S/C16H23NO2/c1-13(18)14-6-4-5-7-15(14)19-11-10-17-9-8-16(2,3)12-17/h4-7H,8-12H2,1-3H3. The number of benzene rings is 1. The maximum absolute atomic E-state index is 11.5. The topological polar surface area (TPSA) is 29.5 Å². The minimum absolute atomic E-state index is 0.0536. The van der Waals surface area contributed by atoms with E-state index in [4.69, 9.17) is 4.74 Å². The molecular formula is C16H23NO2. The van der Waals surface area contributed by atoms with Crippen LogP contribution in [-0.2, 0) is 0 Å². The van der Waals surface area contributed by atoms with Gasteiger partial charge >= 0.3 is 0 Å². The van der Waals surface area contributed by atoms with E-state index in [2.05, 4.69) is 18.7 Å². The second-order valence-electron chi connectivity index (χ2n) is 6.09. The molecular weight excluding hydrogens is 238 g/mol. The van der Waals surface area contributed by atoms with Crippen LogP contribution in [0.15, 0.2) is 24.3 Å². The molecule has 0 aliphatic carbocycles. The molecule has 104 valence electrons. The molecule has 1 fully saturated rings. The van der Waals surface area contributed by atoms with Crippen molar-refractivity contribution in [3.63, 3.8) is 0 Å². The molecule has 3 heteroatoms. The van der Waals surface area contributed by atoms with Gasteiger partial charge in [0.05, 0.1) is 5.56 Å². The van der Waals surface area contributed by atoms with Crippen LogP contribution in [0.25, 0.3) is 0 Å². The number of carbonyl (C=O) groups excluding carboxylic acids is 1. The van der Waals surface area contributed by atoms with E-state index in [0.29, 0.717) is 23.3 Å². The summed E-state index contributed by atoms with van der Waals surface area (Å²) >= 11 is 0. The second-order valence-corrected chi connectivity index (χ2v) is 6.09. The molecule has 3 nitrogen and oxygen atoms in total. The number of hydrogen-bond acceptors (Lipinski definition) is 3. The number of likely N-dealkylation sites (tertiary alicyclic amines) is 1. The lowest BCUT2D eigenvalue weighted by Crippen LogP contribution is -2.28. The molecule has 0 spiro atoms. The monoisotopic (exact) mass is 261 g/mol. The van der Waals surface area contributed by atoms with Crippen LogP contribution in [0, 0.1) is 5.41 Å². The molecule has 1 aromatic rings. The molecule has 0 saturated carbocycles. The molecule has 1 aromatic carbocycles. The number of hydrogen-bond donors (Lipinski definition) is 0. The van der Waals surface area contributed by atoms with Crippen LogP contribution in [-0.4, -0.2) is 36.9 Å². The molecule has 0 bridgehead atoms. The van der Waals surface area contributed by atoms with Gasteiger partial charge in [0.25, 0.3) is 0 Å². The van der Waals surface area contributed by atoms with Crippen molar-refractivity contribution in [3.8, 4) is 5.75 Å². The number of ketones is 1. The highest BCUT2D eigenvalue weighted by Crippen LogP contribution is 2.28. The predicted molar refractivity (Wildman–Crippen MR) is 76.8 cm³/mol. The van der Waals surface area contributed by atoms with Crippen molar-refractivity contribution in [2.45, 2.75) is 27.2 Å². The van der Waals surface area contributed by atoms with E-state index in [1.807, 2.05) is 24.3 Å². The summed E-state index contributed by atoms with van der Waals surface area (Å²) in [4.78, 5) is 13.9. The zero-order valence-corrected chi connectivity index (χ0v) is 12.1. The van der Waals surface area contributed by atoms with Gasteiger partial charge in [-0.25, -0.2) is 0 Å². The Kier molecular flexibility index (Phi) is 4.25. The zero-order chi connectivity index (χ0) is 13.9. The summed E-state index contributed by atoms with van der Waals surface area (Å²) < 4.78 is 5.77. The van der Waals surface area contributed by atoms with E-state index in [1.165, 1.54) is 6.42 Å². The maximum Gasteiger partial charge on any atom is 0.163 e. The van der Waals surface area contributed by atoms with Crippen LogP contribution in [0.3, 0.4) is 0 Å². The molecule has 0 unspecified atom stereocenters. The van der Waals surface area contributed by atoms with Crippen LogP contribution in [0.2, 0.25) is 0 Å². The molecule has 1 saturated heterocycles. The van der Waals surface area contributed by atoms with Crippen molar-refractivity contribution in [1.82, 2.24) is 4.90 Å². The first-order valence-electron chi connectivity index (χ1n) is 6.93. The largest absolute Gasteiger partial charge is 0.491 e. The third-order valence-electron chi connectivity index (χ3n) is 3.69. The lowest BCUT2D eigenvalue weighted by atomic mass is 9.93. The van der Waals surface area contributed by atoms with Crippen LogP contribution >= 0.6 is 0 Å². The van der Waals surface area contributed by atoms with E-state index in [0.717, 1.165) is 19.6 Å². The Morgan fingerprint density at radius 2 is 2.11 bits per heavy atom. The Balaban J connectivity index is 1.85. The fourth-order valence-electron chi connectivity index (χ4n) is 2.58. The van der Waals surface area contributed by atoms with Gasteiger partial charge in [0.15, 0.2) is 5.78 Å². The van der Waals surface area contributed by atoms with E-state index in [9.17, 15) is 4.79 Å². The summed E-state index contributed by atoms with van der Waals surface area (Å²) in [7, 11) is 0. The van der Waals surface area contributed by atoms with Crippen molar-refractivity contribution in [1.29, 1.82) is 0 Å². The molecule has 2 rings (SSSR count). The fraction of sp³-hybridized carbons (Fsp3) is 0.562. The van der Waals surface area contributed by atoms with Gasteiger partial charge in [-0.15, -0.1) is 0 Å². The zero-order valence-electron chi connectivity index (χ0n) is 12.1. The Morgan fingerprint density at radius 1 is 1.37 bits per heavy atom. The first-order valence-corrected chi connectivity index (χ1v) is 6.93. The summed E-state index contributed by atoms with van der Waals surface area (Å²) in [6.07, 6.45) is 1.25. The van der Waals surface area contributed by atoms with Crippen LogP contribution < -0.4 is 4.74 Å². The number of ether oxygens (including phenoxy) is 1. The molecule has 1 heterocycles. The van der Waals surface area contributed by atoms with Crippen molar-refractivity contribution in [2.24, 2.45) is 5.41 Å². The van der Waals surface area contributed by atoms with Gasteiger partial charge in [-0.3, -0.25) is 9.69 Å². The van der Waals surface area contributed by atoms with Gasteiger partial charge in [-0.05, 0) is 37.4 Å². The summed E-state index contributed by atoms with van der Waals surface area (Å²) in [6.45, 7) is 10.0. The normalized spacial score (nSPS) is 18.5. The molecule has 0 N–H and O–H groups in total. The van der Waals surface area contributed by atoms with Crippen LogP contribution in [0.4, 0.5) is 0 Å². The summed E-state index contributed by atoms with van der Waals surface area (Å²) in [6, 6.07) is 7.45. The van der Waals surface area contributed by atoms with Gasteiger partial charge in [-0.1, -0.05) is 26.0 Å². The quantitative estimate of drug-likeness (QED) is 0.763.